The van der Waals surface area contributed by atoms with Crippen molar-refractivity contribution in [2.24, 2.45) is 0 Å². The van der Waals surface area contributed by atoms with Gasteiger partial charge in [-0.15, -0.1) is 0 Å². The molecule has 110 valence electrons. The Hall–Kier alpha value is -1.89. The van der Waals surface area contributed by atoms with Crippen molar-refractivity contribution in [3.8, 4) is 5.88 Å². The molecule has 1 aromatic heterocycles. The second-order valence-corrected chi connectivity index (χ2v) is 4.79. The average molecular weight is 279 g/mol. The number of ether oxygens (including phenoxy) is 1. The minimum absolute atomic E-state index is 0.0892. The van der Waals surface area contributed by atoms with Crippen LogP contribution in [-0.4, -0.2) is 53.6 Å². The van der Waals surface area contributed by atoms with E-state index in [0.717, 1.165) is 19.5 Å². The van der Waals surface area contributed by atoms with E-state index in [2.05, 4.69) is 27.1 Å². The predicted molar refractivity (Wildman–Crippen MR) is 75.6 cm³/mol. The number of aromatic nitrogens is 2. The summed E-state index contributed by atoms with van der Waals surface area (Å²) in [4.78, 5) is 22.3. The number of amides is 1. The number of rotatable bonds is 5. The fraction of sp³-hybridized carbons (Fsp3) is 0.615. The van der Waals surface area contributed by atoms with Crippen molar-refractivity contribution < 1.29 is 9.53 Å². The normalized spacial score (nSPS) is 19.0. The van der Waals surface area contributed by atoms with E-state index >= 15 is 0 Å². The lowest BCUT2D eigenvalue weighted by molar-refractivity contribution is 0.0937. The Morgan fingerprint density at radius 1 is 1.65 bits per heavy atom. The number of nitrogen functional groups attached to an aromatic ring is 1. The van der Waals surface area contributed by atoms with Crippen molar-refractivity contribution in [2.45, 2.75) is 25.8 Å². The molecular weight excluding hydrogens is 258 g/mol. The first-order valence-corrected chi connectivity index (χ1v) is 6.84. The van der Waals surface area contributed by atoms with Gasteiger partial charge in [0.2, 0.25) is 11.8 Å². The lowest BCUT2D eigenvalue weighted by atomic mass is 10.2. The van der Waals surface area contributed by atoms with Gasteiger partial charge in [0.25, 0.3) is 5.91 Å². The molecule has 0 spiro atoms. The topological polar surface area (TPSA) is 93.4 Å². The van der Waals surface area contributed by atoms with E-state index in [9.17, 15) is 4.79 Å². The molecule has 1 aliphatic rings. The minimum Gasteiger partial charge on any atom is -0.480 e. The number of hydrogen-bond acceptors (Lipinski definition) is 6. The Balaban J connectivity index is 1.98. The fourth-order valence-electron chi connectivity index (χ4n) is 2.54. The van der Waals surface area contributed by atoms with Crippen LogP contribution in [0.15, 0.2) is 6.20 Å². The molecule has 7 heteroatoms. The Labute approximate surface area is 118 Å². The summed E-state index contributed by atoms with van der Waals surface area (Å²) in [5, 5.41) is 2.92. The van der Waals surface area contributed by atoms with Crippen LogP contribution in [0, 0.1) is 0 Å². The maximum atomic E-state index is 12.2. The Bertz CT molecular complexity index is 480. The lowest BCUT2D eigenvalue weighted by Gasteiger charge is -2.22. The van der Waals surface area contributed by atoms with E-state index in [0.29, 0.717) is 18.2 Å². The molecule has 1 aromatic rings. The maximum Gasteiger partial charge on any atom is 0.258 e. The molecule has 1 atom stereocenters. The summed E-state index contributed by atoms with van der Waals surface area (Å²) < 4.78 is 5.06. The summed E-state index contributed by atoms with van der Waals surface area (Å²) in [5.74, 6) is 0.0601. The highest BCUT2D eigenvalue weighted by molar-refractivity contribution is 5.96. The minimum atomic E-state index is -0.232. The number of nitrogens with one attached hydrogen (secondary N) is 1. The summed E-state index contributed by atoms with van der Waals surface area (Å²) >= 11 is 0. The Morgan fingerprint density at radius 2 is 2.45 bits per heavy atom. The van der Waals surface area contributed by atoms with Crippen molar-refractivity contribution in [1.29, 1.82) is 0 Å². The first-order valence-electron chi connectivity index (χ1n) is 6.84. The quantitative estimate of drug-likeness (QED) is 0.804. The van der Waals surface area contributed by atoms with Gasteiger partial charge in [0.05, 0.1) is 7.11 Å². The molecule has 2 heterocycles. The number of nitrogens with zero attached hydrogens (tertiary/aromatic N) is 3. The van der Waals surface area contributed by atoms with E-state index < -0.39 is 0 Å². The summed E-state index contributed by atoms with van der Waals surface area (Å²) in [5.41, 5.74) is 5.78. The van der Waals surface area contributed by atoms with Gasteiger partial charge in [-0.3, -0.25) is 9.69 Å². The Kier molecular flexibility index (Phi) is 4.73. The highest BCUT2D eigenvalue weighted by Gasteiger charge is 2.24. The summed E-state index contributed by atoms with van der Waals surface area (Å²) in [6.07, 6.45) is 3.69. The second-order valence-electron chi connectivity index (χ2n) is 4.79. The van der Waals surface area contributed by atoms with Crippen molar-refractivity contribution in [3.05, 3.63) is 11.8 Å². The number of carbonyl (C=O) groups is 1. The molecular formula is C13H21N5O2. The third-order valence-corrected chi connectivity index (χ3v) is 3.61. The largest absolute Gasteiger partial charge is 0.480 e. The molecule has 1 saturated heterocycles. The molecule has 7 nitrogen and oxygen atoms in total. The van der Waals surface area contributed by atoms with Crippen LogP contribution in [0.1, 0.15) is 30.1 Å². The number of likely N-dealkylation sites (N-methyl/N-ethyl adjacent to an activating group) is 1. The molecule has 0 aliphatic carbocycles. The zero-order valence-electron chi connectivity index (χ0n) is 11.9. The van der Waals surface area contributed by atoms with Crippen LogP contribution in [0.2, 0.25) is 0 Å². The van der Waals surface area contributed by atoms with Crippen LogP contribution < -0.4 is 15.8 Å². The summed E-state index contributed by atoms with van der Waals surface area (Å²) in [6, 6.07) is 0.407. The molecule has 1 aliphatic heterocycles. The standard InChI is InChI=1S/C13H21N5O2/c1-3-18-6-4-5-9(18)7-15-11(19)10-8-16-13(14)17-12(10)20-2/h8-9H,3-7H2,1-2H3,(H,15,19)(H2,14,16,17). The van der Waals surface area contributed by atoms with Crippen molar-refractivity contribution in [1.82, 2.24) is 20.2 Å². The summed E-state index contributed by atoms with van der Waals surface area (Å²) in [7, 11) is 1.45. The number of carbonyl (C=O) groups excluding carboxylic acids is 1. The van der Waals surface area contributed by atoms with Gasteiger partial charge in [0.15, 0.2) is 0 Å². The molecule has 3 N–H and O–H groups in total. The number of anilines is 1. The molecule has 1 fully saturated rings. The molecule has 0 saturated carbocycles. The Morgan fingerprint density at radius 3 is 3.15 bits per heavy atom. The zero-order chi connectivity index (χ0) is 14.5. The van der Waals surface area contributed by atoms with Crippen LogP contribution in [-0.2, 0) is 0 Å². The molecule has 0 aromatic carbocycles. The van der Waals surface area contributed by atoms with Gasteiger partial charge in [-0.1, -0.05) is 6.92 Å². The molecule has 0 radical (unpaired) electrons. The third-order valence-electron chi connectivity index (χ3n) is 3.61. The third kappa shape index (κ3) is 3.16. The van der Waals surface area contributed by atoms with Gasteiger partial charge in [-0.25, -0.2) is 4.98 Å². The number of hydrogen-bond donors (Lipinski definition) is 2. The second kappa shape index (κ2) is 6.51. The van der Waals surface area contributed by atoms with Crippen LogP contribution in [0.5, 0.6) is 5.88 Å². The van der Waals surface area contributed by atoms with Gasteiger partial charge in [-0.2, -0.15) is 4.98 Å². The van der Waals surface area contributed by atoms with Gasteiger partial charge in [-0.05, 0) is 25.9 Å². The van der Waals surface area contributed by atoms with Gasteiger partial charge < -0.3 is 15.8 Å². The zero-order valence-corrected chi connectivity index (χ0v) is 11.9. The van der Waals surface area contributed by atoms with E-state index in [4.69, 9.17) is 10.5 Å². The first-order chi connectivity index (χ1) is 9.65. The van der Waals surface area contributed by atoms with Crippen molar-refractivity contribution >= 4 is 11.9 Å². The molecule has 2 rings (SSSR count). The number of nitrogens with two attached hydrogens (primary N) is 1. The van der Waals surface area contributed by atoms with Gasteiger partial charge >= 0.3 is 0 Å². The van der Waals surface area contributed by atoms with E-state index in [1.54, 1.807) is 0 Å². The smallest absolute Gasteiger partial charge is 0.258 e. The highest BCUT2D eigenvalue weighted by Crippen LogP contribution is 2.17. The highest BCUT2D eigenvalue weighted by atomic mass is 16.5. The number of methoxy groups -OCH3 is 1. The SMILES string of the molecule is CCN1CCCC1CNC(=O)c1cnc(N)nc1OC. The van der Waals surface area contributed by atoms with E-state index in [1.807, 2.05) is 0 Å². The number of likely N-dealkylation sites (tertiary alicyclic amines) is 1. The summed E-state index contributed by atoms with van der Waals surface area (Å²) in [6.45, 7) is 4.87. The van der Waals surface area contributed by atoms with Crippen LogP contribution >= 0.6 is 0 Å². The van der Waals surface area contributed by atoms with Crippen molar-refractivity contribution in [2.75, 3.05) is 32.5 Å². The van der Waals surface area contributed by atoms with Gasteiger partial charge in [0, 0.05) is 18.8 Å². The maximum absolute atomic E-state index is 12.2. The fourth-order valence-corrected chi connectivity index (χ4v) is 2.54. The lowest BCUT2D eigenvalue weighted by Crippen LogP contribution is -2.40. The van der Waals surface area contributed by atoms with Crippen LogP contribution in [0.3, 0.4) is 0 Å². The molecule has 0 bridgehead atoms. The molecule has 20 heavy (non-hydrogen) atoms. The van der Waals surface area contributed by atoms with Crippen LogP contribution in [0.25, 0.3) is 0 Å². The molecule has 1 unspecified atom stereocenters. The monoisotopic (exact) mass is 279 g/mol. The first kappa shape index (κ1) is 14.5. The average Bonchev–Trinajstić information content (AvgIpc) is 2.92. The predicted octanol–water partition coefficient (Wildman–Crippen LogP) is 0.282. The van der Waals surface area contributed by atoms with E-state index in [-0.39, 0.29) is 17.7 Å². The van der Waals surface area contributed by atoms with Gasteiger partial charge in [0.1, 0.15) is 5.56 Å². The van der Waals surface area contributed by atoms with E-state index in [1.165, 1.54) is 19.7 Å². The molecule has 1 amide bonds. The van der Waals surface area contributed by atoms with Crippen molar-refractivity contribution in [3.63, 3.8) is 0 Å². The van der Waals surface area contributed by atoms with Crippen LogP contribution in [0.4, 0.5) is 5.95 Å².